The normalized spacial score (nSPS) is 15.1. The predicted octanol–water partition coefficient (Wildman–Crippen LogP) is 4.10. The molecule has 4 amide bonds. The lowest BCUT2D eigenvalue weighted by atomic mass is 9.92. The third-order valence-electron chi connectivity index (χ3n) is 7.45. The van der Waals surface area contributed by atoms with Crippen LogP contribution in [0.2, 0.25) is 0 Å². The molecule has 41 heavy (non-hydrogen) atoms. The molecule has 1 fully saturated rings. The minimum Gasteiger partial charge on any atom is -0.459 e. The van der Waals surface area contributed by atoms with Crippen LogP contribution in [0.5, 0.6) is 0 Å². The van der Waals surface area contributed by atoms with E-state index >= 15 is 0 Å². The fraction of sp³-hybridized carbons (Fsp3) is 0.323. The van der Waals surface area contributed by atoms with Crippen molar-refractivity contribution >= 4 is 34.4 Å². The topological polar surface area (TPSA) is 114 Å². The second-order valence-corrected chi connectivity index (χ2v) is 10.7. The number of amides is 4. The highest BCUT2D eigenvalue weighted by Crippen LogP contribution is 2.28. The molecule has 0 aliphatic carbocycles. The summed E-state index contributed by atoms with van der Waals surface area (Å²) in [5.41, 5.74) is 3.65. The first-order chi connectivity index (χ1) is 19.8. The van der Waals surface area contributed by atoms with E-state index in [0.29, 0.717) is 31.9 Å². The van der Waals surface area contributed by atoms with Crippen molar-refractivity contribution in [3.63, 3.8) is 0 Å². The molecule has 10 heteroatoms. The van der Waals surface area contributed by atoms with Gasteiger partial charge in [-0.25, -0.2) is 4.79 Å². The number of carbonyl (C=O) groups excluding carboxylic acids is 3. The third kappa shape index (κ3) is 6.44. The lowest BCUT2D eigenvalue weighted by molar-refractivity contribution is -0.118. The van der Waals surface area contributed by atoms with Gasteiger partial charge in [-0.2, -0.15) is 0 Å². The molecule has 1 aliphatic rings. The number of nitrogens with one attached hydrogen (secondary N) is 3. The maximum atomic E-state index is 13.8. The van der Waals surface area contributed by atoms with E-state index in [-0.39, 0.29) is 29.5 Å². The van der Waals surface area contributed by atoms with Crippen LogP contribution in [-0.2, 0) is 11.3 Å². The van der Waals surface area contributed by atoms with Crippen LogP contribution in [0, 0.1) is 0 Å². The second-order valence-electron chi connectivity index (χ2n) is 10.7. The number of H-pyrrole nitrogens is 1. The van der Waals surface area contributed by atoms with Gasteiger partial charge < -0.3 is 34.7 Å². The standard InChI is InChI=1S/C31H36N6O4/c1-21(25-19-32-26-11-5-4-10-24(25)26)28(29(38)33-23-9-6-8-22(18-23)20-35(2)3)34-31(40)37-15-13-36(14-16-37)30(39)27-12-7-17-41-27/h4-12,17-19,21,28,32H,13-16,20H2,1-3H3,(H,33,38)(H,34,40)/t21-,28+/m0/s1. The van der Waals surface area contributed by atoms with Crippen LogP contribution >= 0.6 is 0 Å². The number of benzene rings is 2. The number of fused-ring (bicyclic) bond motifs is 1. The van der Waals surface area contributed by atoms with Crippen molar-refractivity contribution in [3.8, 4) is 0 Å². The van der Waals surface area contributed by atoms with Gasteiger partial charge in [0.1, 0.15) is 6.04 Å². The van der Waals surface area contributed by atoms with Crippen LogP contribution in [0.1, 0.15) is 34.5 Å². The smallest absolute Gasteiger partial charge is 0.318 e. The van der Waals surface area contributed by atoms with Crippen LogP contribution in [0.4, 0.5) is 10.5 Å². The van der Waals surface area contributed by atoms with Gasteiger partial charge in [-0.15, -0.1) is 0 Å². The average Bonchev–Trinajstić information content (AvgIpc) is 3.66. The number of nitrogens with zero attached hydrogens (tertiary/aromatic N) is 3. The van der Waals surface area contributed by atoms with Crippen molar-refractivity contribution in [2.75, 3.05) is 45.6 Å². The first-order valence-corrected chi connectivity index (χ1v) is 13.8. The molecule has 0 spiro atoms. The van der Waals surface area contributed by atoms with E-state index in [1.54, 1.807) is 21.9 Å². The van der Waals surface area contributed by atoms with Gasteiger partial charge in [-0.3, -0.25) is 9.59 Å². The van der Waals surface area contributed by atoms with Crippen molar-refractivity contribution in [2.45, 2.75) is 25.4 Å². The summed E-state index contributed by atoms with van der Waals surface area (Å²) in [5.74, 6) is -0.551. The number of carbonyl (C=O) groups is 3. The van der Waals surface area contributed by atoms with Crippen LogP contribution in [0.3, 0.4) is 0 Å². The molecule has 214 valence electrons. The largest absolute Gasteiger partial charge is 0.459 e. The monoisotopic (exact) mass is 556 g/mol. The molecule has 2 atom stereocenters. The van der Waals surface area contributed by atoms with Gasteiger partial charge in [-0.1, -0.05) is 37.3 Å². The van der Waals surface area contributed by atoms with E-state index in [9.17, 15) is 14.4 Å². The van der Waals surface area contributed by atoms with E-state index in [1.807, 2.05) is 75.7 Å². The predicted molar refractivity (Wildman–Crippen MR) is 158 cm³/mol. The van der Waals surface area contributed by atoms with Crippen molar-refractivity contribution < 1.29 is 18.8 Å². The number of hydrogen-bond donors (Lipinski definition) is 3. The number of urea groups is 1. The van der Waals surface area contributed by atoms with Crippen molar-refractivity contribution in [3.05, 3.63) is 90.0 Å². The number of piperazine rings is 1. The number of hydrogen-bond acceptors (Lipinski definition) is 5. The molecule has 0 bridgehead atoms. The van der Waals surface area contributed by atoms with E-state index in [0.717, 1.165) is 28.6 Å². The molecule has 3 heterocycles. The molecule has 1 saturated heterocycles. The number of furan rings is 1. The maximum Gasteiger partial charge on any atom is 0.318 e. The van der Waals surface area contributed by atoms with E-state index in [1.165, 1.54) is 6.26 Å². The minimum atomic E-state index is -0.845. The summed E-state index contributed by atoms with van der Waals surface area (Å²) < 4.78 is 5.24. The highest BCUT2D eigenvalue weighted by atomic mass is 16.3. The minimum absolute atomic E-state index is 0.197. The van der Waals surface area contributed by atoms with Gasteiger partial charge in [0.2, 0.25) is 5.91 Å². The summed E-state index contributed by atoms with van der Waals surface area (Å²) in [5, 5.41) is 7.04. The van der Waals surface area contributed by atoms with Crippen molar-refractivity contribution in [2.24, 2.45) is 0 Å². The van der Waals surface area contributed by atoms with Gasteiger partial charge in [-0.05, 0) is 55.6 Å². The summed E-state index contributed by atoms with van der Waals surface area (Å²) in [6.07, 6.45) is 3.37. The summed E-state index contributed by atoms with van der Waals surface area (Å²) in [6.45, 7) is 4.13. The molecule has 0 radical (unpaired) electrons. The molecular formula is C31H36N6O4. The zero-order valence-corrected chi connectivity index (χ0v) is 23.6. The molecule has 1 aliphatic heterocycles. The molecule has 3 N–H and O–H groups in total. The zero-order valence-electron chi connectivity index (χ0n) is 23.6. The maximum absolute atomic E-state index is 13.8. The molecule has 0 saturated carbocycles. The van der Waals surface area contributed by atoms with Crippen LogP contribution in [0.15, 0.2) is 77.5 Å². The van der Waals surface area contributed by atoms with E-state index in [4.69, 9.17) is 4.42 Å². The summed E-state index contributed by atoms with van der Waals surface area (Å²) in [6, 6.07) is 17.7. The Morgan fingerprint density at radius 3 is 2.46 bits per heavy atom. The summed E-state index contributed by atoms with van der Waals surface area (Å²) >= 11 is 0. The van der Waals surface area contributed by atoms with Crippen molar-refractivity contribution in [1.29, 1.82) is 0 Å². The molecule has 4 aromatic rings. The SMILES string of the molecule is C[C@@H](c1c[nH]c2ccccc12)[C@@H](NC(=O)N1CCN(C(=O)c2ccco2)CC1)C(=O)Nc1cccc(CN(C)C)c1. The number of para-hydroxylation sites is 1. The number of anilines is 1. The first-order valence-electron chi connectivity index (χ1n) is 13.8. The molecule has 2 aromatic heterocycles. The molecule has 10 nitrogen and oxygen atoms in total. The van der Waals surface area contributed by atoms with Gasteiger partial charge in [0.05, 0.1) is 6.26 Å². The third-order valence-corrected chi connectivity index (χ3v) is 7.45. The summed E-state index contributed by atoms with van der Waals surface area (Å²) in [4.78, 5) is 48.6. The highest BCUT2D eigenvalue weighted by Gasteiger charge is 2.33. The number of aromatic nitrogens is 1. The number of rotatable bonds is 8. The zero-order chi connectivity index (χ0) is 28.9. The second kappa shape index (κ2) is 12.3. The van der Waals surface area contributed by atoms with Gasteiger partial charge in [0.25, 0.3) is 5.91 Å². The molecule has 5 rings (SSSR count). The fourth-order valence-electron chi connectivity index (χ4n) is 5.29. The Balaban J connectivity index is 1.32. The van der Waals surface area contributed by atoms with E-state index in [2.05, 4.69) is 20.5 Å². The Bertz CT molecular complexity index is 1500. The lowest BCUT2D eigenvalue weighted by Gasteiger charge is -2.35. The Kier molecular flexibility index (Phi) is 8.39. The van der Waals surface area contributed by atoms with Crippen LogP contribution < -0.4 is 10.6 Å². The van der Waals surface area contributed by atoms with Crippen LogP contribution in [-0.4, -0.2) is 83.8 Å². The molecule has 0 unspecified atom stereocenters. The average molecular weight is 557 g/mol. The number of aromatic amines is 1. The quantitative estimate of drug-likeness (QED) is 0.302. The summed E-state index contributed by atoms with van der Waals surface area (Å²) in [7, 11) is 3.98. The molecule has 2 aromatic carbocycles. The van der Waals surface area contributed by atoms with Gasteiger partial charge in [0.15, 0.2) is 5.76 Å². The first kappa shape index (κ1) is 28.0. The Morgan fingerprint density at radius 2 is 1.73 bits per heavy atom. The van der Waals surface area contributed by atoms with Crippen LogP contribution in [0.25, 0.3) is 10.9 Å². The lowest BCUT2D eigenvalue weighted by Crippen LogP contribution is -2.57. The van der Waals surface area contributed by atoms with Gasteiger partial charge in [0, 0.05) is 61.4 Å². The Hall–Kier alpha value is -4.57. The Morgan fingerprint density at radius 1 is 0.976 bits per heavy atom. The van der Waals surface area contributed by atoms with Crippen molar-refractivity contribution in [1.82, 2.24) is 25.0 Å². The van der Waals surface area contributed by atoms with E-state index < -0.39 is 6.04 Å². The Labute approximate surface area is 239 Å². The highest BCUT2D eigenvalue weighted by molar-refractivity contribution is 5.98. The van der Waals surface area contributed by atoms with Gasteiger partial charge >= 0.3 is 6.03 Å². The fourth-order valence-corrected chi connectivity index (χ4v) is 5.29. The molecular weight excluding hydrogens is 520 g/mol.